The minimum Gasteiger partial charge on any atom is -0.488 e. The molecule has 0 fully saturated rings. The lowest BCUT2D eigenvalue weighted by atomic mass is 10.2. The van der Waals surface area contributed by atoms with Gasteiger partial charge in [-0.2, -0.15) is 25.2 Å². The second-order valence-corrected chi connectivity index (χ2v) is 15.2. The molecule has 0 amide bonds. The summed E-state index contributed by atoms with van der Waals surface area (Å²) in [6.07, 6.45) is 0. The van der Waals surface area contributed by atoms with Gasteiger partial charge in [0.25, 0.3) is 0 Å². The summed E-state index contributed by atoms with van der Waals surface area (Å²) in [6, 6.07) is 19.1. The third kappa shape index (κ3) is 7.03. The number of hydrogen-bond donors (Lipinski definition) is 0. The monoisotopic (exact) mass is 570 g/mol. The highest BCUT2D eigenvalue weighted by Gasteiger charge is 2.52. The standard InChI is InChI=1S/C28H33F3O5S2/c1-20-8-14-23(15-9-20)37(36-38(32,33)28(29,30)31,24-16-10-21(11-17-24)34-26(2,3)4)25-18-12-22(13-19-25)35-27(5,6)7/h8-19H,1-7H3. The Morgan fingerprint density at radius 1 is 0.579 bits per heavy atom. The largest absolute Gasteiger partial charge is 0.524 e. The van der Waals surface area contributed by atoms with Crippen LogP contribution in [-0.2, 0) is 13.7 Å². The SMILES string of the molecule is Cc1ccc(S(OS(=O)(=O)C(F)(F)F)(c2ccc(OC(C)(C)C)cc2)c2ccc(OC(C)(C)C)cc2)cc1. The normalized spacial score (nSPS) is 13.7. The number of halogens is 3. The molecule has 0 saturated carbocycles. The van der Waals surface area contributed by atoms with Gasteiger partial charge in [0.05, 0.1) is 0 Å². The Bertz CT molecular complexity index is 1280. The number of aryl methyl sites for hydroxylation is 1. The van der Waals surface area contributed by atoms with E-state index in [4.69, 9.17) is 13.1 Å². The highest BCUT2D eigenvalue weighted by molar-refractivity contribution is 8.33. The lowest BCUT2D eigenvalue weighted by Crippen LogP contribution is -2.27. The lowest BCUT2D eigenvalue weighted by Gasteiger charge is -2.39. The Kier molecular flexibility index (Phi) is 8.22. The second-order valence-electron chi connectivity index (χ2n) is 10.7. The van der Waals surface area contributed by atoms with Crippen molar-refractivity contribution < 1.29 is 34.7 Å². The molecule has 0 spiro atoms. The molecule has 0 N–H and O–H groups in total. The smallest absolute Gasteiger partial charge is 0.488 e. The summed E-state index contributed by atoms with van der Waals surface area (Å²) < 4.78 is 83.4. The van der Waals surface area contributed by atoms with Crippen LogP contribution in [0, 0.1) is 6.92 Å². The van der Waals surface area contributed by atoms with Crippen molar-refractivity contribution >= 4 is 20.4 Å². The summed E-state index contributed by atoms with van der Waals surface area (Å²) in [6.45, 7) is 13.0. The van der Waals surface area contributed by atoms with E-state index in [2.05, 4.69) is 0 Å². The van der Waals surface area contributed by atoms with Crippen LogP contribution in [0.25, 0.3) is 0 Å². The summed E-state index contributed by atoms with van der Waals surface area (Å²) in [4.78, 5) is 0.782. The molecule has 3 aromatic carbocycles. The van der Waals surface area contributed by atoms with E-state index in [0.717, 1.165) is 5.56 Å². The summed E-state index contributed by atoms with van der Waals surface area (Å²) in [5, 5.41) is 0. The Balaban J connectivity index is 2.31. The average Bonchev–Trinajstić information content (AvgIpc) is 2.76. The molecular weight excluding hydrogens is 537 g/mol. The third-order valence-corrected chi connectivity index (χ3v) is 9.90. The molecule has 0 aliphatic rings. The maximum Gasteiger partial charge on any atom is 0.524 e. The number of alkyl halides is 3. The van der Waals surface area contributed by atoms with Gasteiger partial charge in [0.1, 0.15) is 22.7 Å². The molecule has 0 atom stereocenters. The first kappa shape index (κ1) is 29.9. The summed E-state index contributed by atoms with van der Waals surface area (Å²) >= 11 is 0. The van der Waals surface area contributed by atoms with Crippen LogP contribution in [0.1, 0.15) is 47.1 Å². The van der Waals surface area contributed by atoms with Gasteiger partial charge in [-0.25, -0.2) is 0 Å². The molecule has 3 rings (SSSR count). The predicted molar refractivity (Wildman–Crippen MR) is 143 cm³/mol. The van der Waals surface area contributed by atoms with Crippen molar-refractivity contribution in [3.05, 3.63) is 78.4 Å². The zero-order chi connectivity index (χ0) is 28.6. The van der Waals surface area contributed by atoms with Gasteiger partial charge in [-0.05, 0) is 119 Å². The number of hydrogen-bond acceptors (Lipinski definition) is 5. The molecule has 0 bridgehead atoms. The molecule has 38 heavy (non-hydrogen) atoms. The van der Waals surface area contributed by atoms with Crippen LogP contribution in [0.15, 0.2) is 87.5 Å². The van der Waals surface area contributed by atoms with Gasteiger partial charge in [-0.1, -0.05) is 17.7 Å². The first-order valence-corrected chi connectivity index (χ1v) is 14.8. The average molecular weight is 571 g/mol. The topological polar surface area (TPSA) is 61.8 Å². The van der Waals surface area contributed by atoms with Crippen LogP contribution in [0.5, 0.6) is 11.5 Å². The highest BCUT2D eigenvalue weighted by atomic mass is 32.3. The van der Waals surface area contributed by atoms with Gasteiger partial charge in [-0.15, -0.1) is 0 Å². The molecular formula is C28H33F3O5S2. The van der Waals surface area contributed by atoms with Crippen molar-refractivity contribution in [2.45, 2.75) is 79.9 Å². The predicted octanol–water partition coefficient (Wildman–Crippen LogP) is 8.41. The molecule has 0 aromatic heterocycles. The van der Waals surface area contributed by atoms with Crippen LogP contribution >= 0.6 is 10.3 Å². The van der Waals surface area contributed by atoms with E-state index in [9.17, 15) is 21.6 Å². The Morgan fingerprint density at radius 2 is 0.895 bits per heavy atom. The van der Waals surface area contributed by atoms with E-state index in [-0.39, 0.29) is 14.7 Å². The van der Waals surface area contributed by atoms with E-state index >= 15 is 0 Å². The zero-order valence-electron chi connectivity index (χ0n) is 22.4. The van der Waals surface area contributed by atoms with Crippen molar-refractivity contribution in [2.75, 3.05) is 0 Å². The minimum atomic E-state index is -6.01. The molecule has 10 heteroatoms. The highest BCUT2D eigenvalue weighted by Crippen LogP contribution is 2.70. The molecule has 208 valence electrons. The van der Waals surface area contributed by atoms with Crippen molar-refractivity contribution in [3.8, 4) is 11.5 Å². The molecule has 0 saturated heterocycles. The zero-order valence-corrected chi connectivity index (χ0v) is 24.1. The minimum absolute atomic E-state index is 0.250. The molecule has 5 nitrogen and oxygen atoms in total. The van der Waals surface area contributed by atoms with Crippen molar-refractivity contribution in [1.82, 2.24) is 0 Å². The summed E-state index contributed by atoms with van der Waals surface area (Å²) in [5.74, 6) is 0.956. The van der Waals surface area contributed by atoms with Crippen molar-refractivity contribution in [3.63, 3.8) is 0 Å². The fourth-order valence-corrected chi connectivity index (χ4v) is 8.24. The first-order chi connectivity index (χ1) is 17.3. The van der Waals surface area contributed by atoms with Gasteiger partial charge >= 0.3 is 15.6 Å². The molecule has 0 unspecified atom stereocenters. The molecule has 0 radical (unpaired) electrons. The number of benzene rings is 3. The van der Waals surface area contributed by atoms with E-state index in [0.29, 0.717) is 11.5 Å². The molecule has 0 heterocycles. The van der Waals surface area contributed by atoms with Gasteiger partial charge in [0.2, 0.25) is 0 Å². The Morgan fingerprint density at radius 3 is 1.18 bits per heavy atom. The van der Waals surface area contributed by atoms with Crippen molar-refractivity contribution in [2.24, 2.45) is 0 Å². The maximum absolute atomic E-state index is 13.7. The van der Waals surface area contributed by atoms with Crippen LogP contribution in [0.4, 0.5) is 13.2 Å². The van der Waals surface area contributed by atoms with E-state index in [1.54, 1.807) is 72.8 Å². The molecule has 3 aromatic rings. The summed E-state index contributed by atoms with van der Waals surface area (Å²) in [7, 11) is -9.44. The number of ether oxygens (including phenoxy) is 2. The van der Waals surface area contributed by atoms with E-state index in [1.807, 2.05) is 48.5 Å². The molecule has 0 aliphatic heterocycles. The van der Waals surface area contributed by atoms with Crippen LogP contribution in [0.2, 0.25) is 0 Å². The fraction of sp³-hybridized carbons (Fsp3) is 0.357. The quantitative estimate of drug-likeness (QED) is 0.267. The van der Waals surface area contributed by atoms with Gasteiger partial charge in [0, 0.05) is 14.7 Å². The molecule has 0 aliphatic carbocycles. The van der Waals surface area contributed by atoms with E-state index < -0.39 is 37.1 Å². The van der Waals surface area contributed by atoms with Crippen LogP contribution < -0.4 is 9.47 Å². The van der Waals surface area contributed by atoms with Gasteiger partial charge in [0.15, 0.2) is 0 Å². The van der Waals surface area contributed by atoms with Crippen LogP contribution in [0.3, 0.4) is 0 Å². The van der Waals surface area contributed by atoms with Gasteiger partial charge < -0.3 is 9.47 Å². The Labute approximate surface area is 224 Å². The lowest BCUT2D eigenvalue weighted by molar-refractivity contribution is -0.0496. The summed E-state index contributed by atoms with van der Waals surface area (Å²) in [5.41, 5.74) is -5.80. The fourth-order valence-electron chi connectivity index (χ4n) is 3.53. The van der Waals surface area contributed by atoms with E-state index in [1.165, 1.54) is 0 Å². The van der Waals surface area contributed by atoms with Gasteiger partial charge in [-0.3, -0.25) is 0 Å². The third-order valence-electron chi connectivity index (χ3n) is 4.99. The maximum atomic E-state index is 13.7. The van der Waals surface area contributed by atoms with Crippen molar-refractivity contribution in [1.29, 1.82) is 0 Å². The van der Waals surface area contributed by atoms with Crippen LogP contribution in [-0.4, -0.2) is 25.1 Å². The Hall–Kier alpha value is -2.69. The number of rotatable bonds is 7. The first-order valence-electron chi connectivity index (χ1n) is 11.8. The second kappa shape index (κ2) is 10.5.